The molecule has 1 atom stereocenters. The first-order chi connectivity index (χ1) is 8.62. The average molecular weight is 249 g/mol. The third-order valence-electron chi connectivity index (χ3n) is 3.75. The smallest absolute Gasteiger partial charge is 0.214 e. The van der Waals surface area contributed by atoms with E-state index < -0.39 is 0 Å². The second kappa shape index (κ2) is 5.57. The van der Waals surface area contributed by atoms with Crippen LogP contribution in [-0.2, 0) is 0 Å². The highest BCUT2D eigenvalue weighted by Gasteiger charge is 2.31. The number of aromatic nitrogens is 1. The quantitative estimate of drug-likeness (QED) is 0.859. The maximum absolute atomic E-state index is 5.12. The van der Waals surface area contributed by atoms with Gasteiger partial charge >= 0.3 is 0 Å². The minimum atomic E-state index is 0.337. The molecule has 18 heavy (non-hydrogen) atoms. The Kier molecular flexibility index (Phi) is 4.07. The lowest BCUT2D eigenvalue weighted by Crippen LogP contribution is -2.50. The molecule has 0 aromatic carbocycles. The van der Waals surface area contributed by atoms with Crippen LogP contribution in [0.2, 0.25) is 0 Å². The van der Waals surface area contributed by atoms with Crippen molar-refractivity contribution in [3.63, 3.8) is 0 Å². The van der Waals surface area contributed by atoms with E-state index in [4.69, 9.17) is 4.74 Å². The summed E-state index contributed by atoms with van der Waals surface area (Å²) in [5.74, 6) is 1.52. The van der Waals surface area contributed by atoms with Gasteiger partial charge in [0.25, 0.3) is 0 Å². The molecule has 0 bridgehead atoms. The lowest BCUT2D eigenvalue weighted by atomic mass is 9.77. The lowest BCUT2D eigenvalue weighted by Gasteiger charge is -2.39. The van der Waals surface area contributed by atoms with Crippen LogP contribution in [0.25, 0.3) is 0 Å². The molecule has 2 heterocycles. The molecular formula is C14H23N3O. The fraction of sp³-hybridized carbons (Fsp3) is 0.643. The van der Waals surface area contributed by atoms with Gasteiger partial charge in [-0.05, 0) is 30.9 Å². The number of piperidine rings is 1. The molecule has 4 nitrogen and oxygen atoms in total. The number of anilines is 1. The van der Waals surface area contributed by atoms with E-state index in [9.17, 15) is 0 Å². The number of rotatable bonds is 4. The van der Waals surface area contributed by atoms with Crippen LogP contribution >= 0.6 is 0 Å². The Morgan fingerprint density at radius 1 is 1.50 bits per heavy atom. The van der Waals surface area contributed by atoms with Gasteiger partial charge in [0.05, 0.1) is 7.11 Å². The predicted octanol–water partition coefficient (Wildman–Crippen LogP) is 2.28. The van der Waals surface area contributed by atoms with E-state index >= 15 is 0 Å². The highest BCUT2D eigenvalue weighted by molar-refractivity contribution is 5.37. The molecule has 2 rings (SSSR count). The molecule has 4 heteroatoms. The Morgan fingerprint density at radius 3 is 3.06 bits per heavy atom. The number of nitrogens with one attached hydrogen (secondary N) is 2. The van der Waals surface area contributed by atoms with Gasteiger partial charge in [0, 0.05) is 18.7 Å². The molecule has 1 saturated heterocycles. The molecule has 100 valence electrons. The number of hydrogen-bond acceptors (Lipinski definition) is 4. The first-order valence-electron chi connectivity index (χ1n) is 6.60. The Hall–Kier alpha value is -1.29. The van der Waals surface area contributed by atoms with Crippen molar-refractivity contribution >= 4 is 5.82 Å². The molecule has 0 spiro atoms. The summed E-state index contributed by atoms with van der Waals surface area (Å²) >= 11 is 0. The van der Waals surface area contributed by atoms with Gasteiger partial charge in [-0.3, -0.25) is 0 Å². The second-order valence-corrected chi connectivity index (χ2v) is 5.54. The highest BCUT2D eigenvalue weighted by atomic mass is 16.5. The molecule has 1 aliphatic heterocycles. The summed E-state index contributed by atoms with van der Waals surface area (Å²) in [6.45, 7) is 6.66. The van der Waals surface area contributed by atoms with Crippen LogP contribution in [0.3, 0.4) is 0 Å². The van der Waals surface area contributed by atoms with Crippen LogP contribution < -0.4 is 15.4 Å². The van der Waals surface area contributed by atoms with E-state index in [1.54, 1.807) is 7.11 Å². The molecule has 0 aliphatic carbocycles. The molecule has 0 saturated carbocycles. The van der Waals surface area contributed by atoms with Crippen molar-refractivity contribution in [2.45, 2.75) is 32.7 Å². The van der Waals surface area contributed by atoms with E-state index in [1.165, 1.54) is 12.8 Å². The molecule has 0 amide bonds. The first kappa shape index (κ1) is 13.1. The van der Waals surface area contributed by atoms with E-state index in [2.05, 4.69) is 29.5 Å². The Bertz CT molecular complexity index is 392. The lowest BCUT2D eigenvalue weighted by molar-refractivity contribution is 0.188. The van der Waals surface area contributed by atoms with Gasteiger partial charge in [0.1, 0.15) is 5.82 Å². The second-order valence-electron chi connectivity index (χ2n) is 5.54. The van der Waals surface area contributed by atoms with Gasteiger partial charge in [-0.2, -0.15) is 4.98 Å². The zero-order valence-electron chi connectivity index (χ0n) is 11.5. The molecule has 1 unspecified atom stereocenters. The SMILES string of the molecule is COc1cccc(NCC2NCCCC2(C)C)n1. The monoisotopic (exact) mass is 249 g/mol. The Balaban J connectivity index is 1.94. The average Bonchev–Trinajstić information content (AvgIpc) is 2.37. The fourth-order valence-corrected chi connectivity index (χ4v) is 2.45. The van der Waals surface area contributed by atoms with Gasteiger partial charge in [-0.25, -0.2) is 0 Å². The summed E-state index contributed by atoms with van der Waals surface area (Å²) < 4.78 is 5.12. The van der Waals surface area contributed by atoms with Crippen LogP contribution in [-0.4, -0.2) is 31.2 Å². The van der Waals surface area contributed by atoms with Crippen LogP contribution in [0.4, 0.5) is 5.82 Å². The number of ether oxygens (including phenoxy) is 1. The predicted molar refractivity (Wildman–Crippen MR) is 74.1 cm³/mol. The summed E-state index contributed by atoms with van der Waals surface area (Å²) in [6, 6.07) is 6.26. The molecule has 1 aliphatic rings. The van der Waals surface area contributed by atoms with Crippen molar-refractivity contribution in [3.8, 4) is 5.88 Å². The zero-order chi connectivity index (χ0) is 13.0. The molecule has 1 fully saturated rings. The minimum Gasteiger partial charge on any atom is -0.481 e. The van der Waals surface area contributed by atoms with E-state index in [0.717, 1.165) is 18.9 Å². The maximum Gasteiger partial charge on any atom is 0.214 e. The van der Waals surface area contributed by atoms with E-state index in [0.29, 0.717) is 17.3 Å². The standard InChI is InChI=1S/C14H23N3O/c1-14(2)8-5-9-15-11(14)10-16-12-6-4-7-13(17-12)18-3/h4,6-7,11,15H,5,8-10H2,1-3H3,(H,16,17). The van der Waals surface area contributed by atoms with Crippen molar-refractivity contribution in [1.29, 1.82) is 0 Å². The van der Waals surface area contributed by atoms with Crippen LogP contribution in [0.15, 0.2) is 18.2 Å². The Labute approximate surface area is 109 Å². The van der Waals surface area contributed by atoms with Gasteiger partial charge < -0.3 is 15.4 Å². The van der Waals surface area contributed by atoms with Gasteiger partial charge in [0.15, 0.2) is 0 Å². The van der Waals surface area contributed by atoms with Crippen molar-refractivity contribution < 1.29 is 4.74 Å². The molecular weight excluding hydrogens is 226 g/mol. The summed E-state index contributed by atoms with van der Waals surface area (Å²) in [4.78, 5) is 4.36. The minimum absolute atomic E-state index is 0.337. The third-order valence-corrected chi connectivity index (χ3v) is 3.75. The fourth-order valence-electron chi connectivity index (χ4n) is 2.45. The van der Waals surface area contributed by atoms with Crippen molar-refractivity contribution in [2.75, 3.05) is 25.5 Å². The number of nitrogens with zero attached hydrogens (tertiary/aromatic N) is 1. The highest BCUT2D eigenvalue weighted by Crippen LogP contribution is 2.30. The van der Waals surface area contributed by atoms with Crippen molar-refractivity contribution in [3.05, 3.63) is 18.2 Å². The van der Waals surface area contributed by atoms with Crippen LogP contribution in [0.5, 0.6) is 5.88 Å². The van der Waals surface area contributed by atoms with Crippen LogP contribution in [0, 0.1) is 5.41 Å². The summed E-state index contributed by atoms with van der Waals surface area (Å²) in [5, 5.41) is 6.98. The molecule has 2 N–H and O–H groups in total. The zero-order valence-corrected chi connectivity index (χ0v) is 11.5. The summed E-state index contributed by atoms with van der Waals surface area (Å²) in [6.07, 6.45) is 2.54. The van der Waals surface area contributed by atoms with Gasteiger partial charge in [0.2, 0.25) is 5.88 Å². The first-order valence-corrected chi connectivity index (χ1v) is 6.60. The number of methoxy groups -OCH3 is 1. The topological polar surface area (TPSA) is 46.2 Å². The summed E-state index contributed by atoms with van der Waals surface area (Å²) in [5.41, 5.74) is 0.337. The van der Waals surface area contributed by atoms with Crippen LogP contribution in [0.1, 0.15) is 26.7 Å². The number of pyridine rings is 1. The third kappa shape index (κ3) is 3.13. The van der Waals surface area contributed by atoms with E-state index in [-0.39, 0.29) is 0 Å². The Morgan fingerprint density at radius 2 is 2.33 bits per heavy atom. The molecule has 0 radical (unpaired) electrons. The van der Waals surface area contributed by atoms with Gasteiger partial charge in [-0.15, -0.1) is 0 Å². The summed E-state index contributed by atoms with van der Waals surface area (Å²) in [7, 11) is 1.64. The maximum atomic E-state index is 5.12. The molecule has 1 aromatic heterocycles. The largest absolute Gasteiger partial charge is 0.481 e. The normalized spacial score (nSPS) is 22.5. The van der Waals surface area contributed by atoms with Crippen molar-refractivity contribution in [1.82, 2.24) is 10.3 Å². The number of hydrogen-bond donors (Lipinski definition) is 2. The van der Waals surface area contributed by atoms with E-state index in [1.807, 2.05) is 18.2 Å². The van der Waals surface area contributed by atoms with Gasteiger partial charge in [-0.1, -0.05) is 19.9 Å². The molecule has 1 aromatic rings. The van der Waals surface area contributed by atoms with Crippen molar-refractivity contribution in [2.24, 2.45) is 5.41 Å².